The molecule has 308 valence electrons. The van der Waals surface area contributed by atoms with E-state index >= 15 is 0 Å². The van der Waals surface area contributed by atoms with Crippen LogP contribution in [0.15, 0.2) is 158 Å². The van der Waals surface area contributed by atoms with Crippen molar-refractivity contribution in [1.82, 2.24) is 19.9 Å². The molecule has 8 aromatic rings. The van der Waals surface area contributed by atoms with Crippen LogP contribution in [-0.2, 0) is 4.74 Å². The van der Waals surface area contributed by atoms with Gasteiger partial charge in [0.25, 0.3) is 5.69 Å². The Balaban J connectivity index is 1.27. The minimum absolute atomic E-state index is 0.0392. The molecule has 12 rings (SSSR count). The van der Waals surface area contributed by atoms with Crippen LogP contribution >= 0.6 is 0 Å². The number of ether oxygens (including phenoxy) is 1. The Bertz CT molecular complexity index is 3360. The molecule has 4 aliphatic rings. The van der Waals surface area contributed by atoms with E-state index < -0.39 is 0 Å². The number of aromatic amines is 2. The van der Waals surface area contributed by atoms with Crippen LogP contribution in [0.5, 0.6) is 0 Å². The van der Waals surface area contributed by atoms with E-state index in [9.17, 15) is 10.1 Å². The van der Waals surface area contributed by atoms with Crippen molar-refractivity contribution in [3.63, 3.8) is 0 Å². The molecule has 0 aliphatic carbocycles. The number of nitro benzene ring substituents is 1. The van der Waals surface area contributed by atoms with Crippen LogP contribution < -0.4 is 5.32 Å². The van der Waals surface area contributed by atoms with E-state index in [2.05, 4.69) is 149 Å². The van der Waals surface area contributed by atoms with Gasteiger partial charge in [-0.1, -0.05) is 133 Å². The van der Waals surface area contributed by atoms with Gasteiger partial charge in [0.15, 0.2) is 0 Å². The number of nitrogens with zero attached hydrogens (tertiary/aromatic N) is 3. The van der Waals surface area contributed by atoms with Crippen LogP contribution in [0.2, 0.25) is 0 Å². The topological polar surface area (TPSA) is 122 Å². The first-order valence-corrected chi connectivity index (χ1v) is 21.6. The third kappa shape index (κ3) is 6.28. The molecule has 64 heavy (non-hydrogen) atoms. The van der Waals surface area contributed by atoms with Crippen LogP contribution in [0.1, 0.15) is 52.5 Å². The van der Waals surface area contributed by atoms with Crippen molar-refractivity contribution < 1.29 is 9.66 Å². The van der Waals surface area contributed by atoms with Gasteiger partial charge in [-0.15, -0.1) is 0 Å². The van der Waals surface area contributed by atoms with Gasteiger partial charge in [0, 0.05) is 63.5 Å². The first kappa shape index (κ1) is 37.6. The largest absolute Gasteiger partial charge is 0.376 e. The van der Waals surface area contributed by atoms with Crippen LogP contribution in [0.25, 0.3) is 90.9 Å². The molecule has 9 heteroatoms. The second kappa shape index (κ2) is 15.3. The minimum Gasteiger partial charge on any atom is -0.376 e. The average molecular weight is 833 g/mol. The van der Waals surface area contributed by atoms with Crippen molar-refractivity contribution in [2.24, 2.45) is 5.92 Å². The molecule has 3 N–H and O–H groups in total. The normalized spacial score (nSPS) is 17.2. The zero-order valence-corrected chi connectivity index (χ0v) is 34.5. The van der Waals surface area contributed by atoms with Gasteiger partial charge in [-0.3, -0.25) is 10.1 Å². The van der Waals surface area contributed by atoms with Gasteiger partial charge in [-0.25, -0.2) is 9.97 Å². The Kier molecular flexibility index (Phi) is 9.01. The number of H-pyrrole nitrogens is 2. The van der Waals surface area contributed by atoms with Crippen molar-refractivity contribution in [2.75, 3.05) is 11.9 Å². The number of nitrogens with one attached hydrogen (secondary N) is 3. The van der Waals surface area contributed by atoms with Gasteiger partial charge in [-0.05, 0) is 70.7 Å². The zero-order chi connectivity index (χ0) is 42.7. The second-order valence-corrected chi connectivity index (χ2v) is 16.6. The predicted molar refractivity (Wildman–Crippen MR) is 257 cm³/mol. The van der Waals surface area contributed by atoms with Gasteiger partial charge >= 0.3 is 0 Å². The SMILES string of the molecule is O=[N+]([O-])c1ccc([C@@H]2Nc3c(c4[nH]c3c(-c3ccccc3)c3nc(c(-c5ccccc5)c5ccc([nH]5)c(-c5ccccc5)c5nc(c4-c4ccccc4)C=C5)C=C3)[C@@H]3OCC[C@H]23)cc1. The molecule has 7 heterocycles. The Labute approximate surface area is 368 Å². The van der Waals surface area contributed by atoms with Crippen molar-refractivity contribution in [2.45, 2.75) is 18.6 Å². The lowest BCUT2D eigenvalue weighted by Crippen LogP contribution is -2.28. The summed E-state index contributed by atoms with van der Waals surface area (Å²) in [5.41, 5.74) is 17.9. The minimum atomic E-state index is -0.350. The summed E-state index contributed by atoms with van der Waals surface area (Å²) in [5.74, 6) is 0.0392. The Hall–Kier alpha value is -8.14. The van der Waals surface area contributed by atoms with Crippen LogP contribution in [0.4, 0.5) is 11.4 Å². The smallest absolute Gasteiger partial charge is 0.269 e. The molecule has 3 atom stereocenters. The Morgan fingerprint density at radius 3 is 1.47 bits per heavy atom. The summed E-state index contributed by atoms with van der Waals surface area (Å²) in [4.78, 5) is 30.4. The van der Waals surface area contributed by atoms with E-state index in [0.717, 1.165) is 113 Å². The third-order valence-electron chi connectivity index (χ3n) is 12.9. The third-order valence-corrected chi connectivity index (χ3v) is 12.9. The predicted octanol–water partition coefficient (Wildman–Crippen LogP) is 13.5. The summed E-state index contributed by atoms with van der Waals surface area (Å²) in [6.07, 6.45) is 9.01. The number of aromatic nitrogens is 4. The zero-order valence-electron chi connectivity index (χ0n) is 34.5. The van der Waals surface area contributed by atoms with Crippen molar-refractivity contribution in [3.8, 4) is 44.5 Å². The highest BCUT2D eigenvalue weighted by molar-refractivity contribution is 6.05. The highest BCUT2D eigenvalue weighted by Crippen LogP contribution is 2.55. The van der Waals surface area contributed by atoms with Crippen molar-refractivity contribution in [1.29, 1.82) is 0 Å². The molecule has 0 radical (unpaired) electrons. The summed E-state index contributed by atoms with van der Waals surface area (Å²) in [6.45, 7) is 0.577. The van der Waals surface area contributed by atoms with Crippen LogP contribution in [0.3, 0.4) is 0 Å². The maximum absolute atomic E-state index is 11.8. The van der Waals surface area contributed by atoms with E-state index in [4.69, 9.17) is 14.7 Å². The lowest BCUT2D eigenvalue weighted by Gasteiger charge is -2.35. The fourth-order valence-electron chi connectivity index (χ4n) is 10.1. The molecule has 8 bridgehead atoms. The Morgan fingerprint density at radius 2 is 0.984 bits per heavy atom. The number of hydrogen-bond acceptors (Lipinski definition) is 6. The van der Waals surface area contributed by atoms with Crippen molar-refractivity contribution in [3.05, 3.63) is 202 Å². The lowest BCUT2D eigenvalue weighted by molar-refractivity contribution is -0.384. The molecular weight excluding hydrogens is 793 g/mol. The monoisotopic (exact) mass is 832 g/mol. The molecule has 3 aromatic heterocycles. The lowest BCUT2D eigenvalue weighted by atomic mass is 9.80. The van der Waals surface area contributed by atoms with Gasteiger partial charge in [0.05, 0.1) is 56.6 Å². The van der Waals surface area contributed by atoms with Gasteiger partial charge in [0.2, 0.25) is 0 Å². The number of anilines is 1. The molecule has 4 aliphatic heterocycles. The molecule has 0 amide bonds. The maximum atomic E-state index is 11.8. The molecular formula is C55H40N6O3. The van der Waals surface area contributed by atoms with Gasteiger partial charge in [-0.2, -0.15) is 0 Å². The average Bonchev–Trinajstić information content (AvgIpc) is 4.21. The van der Waals surface area contributed by atoms with Gasteiger partial charge < -0.3 is 20.0 Å². The highest BCUT2D eigenvalue weighted by atomic mass is 16.6. The summed E-state index contributed by atoms with van der Waals surface area (Å²) in [7, 11) is 0. The van der Waals surface area contributed by atoms with E-state index in [1.54, 1.807) is 12.1 Å². The molecule has 0 spiro atoms. The summed E-state index contributed by atoms with van der Waals surface area (Å²) < 4.78 is 6.85. The first-order chi connectivity index (χ1) is 31.6. The number of hydrogen-bond donors (Lipinski definition) is 3. The van der Waals surface area contributed by atoms with Crippen LogP contribution in [-0.4, -0.2) is 31.5 Å². The van der Waals surface area contributed by atoms with Crippen LogP contribution in [0, 0.1) is 16.0 Å². The second-order valence-electron chi connectivity index (χ2n) is 16.6. The number of non-ortho nitro benzene ring substituents is 1. The van der Waals surface area contributed by atoms with E-state index in [-0.39, 0.29) is 28.7 Å². The fourth-order valence-corrected chi connectivity index (χ4v) is 10.1. The van der Waals surface area contributed by atoms with Gasteiger partial charge in [0.1, 0.15) is 0 Å². The molecule has 0 unspecified atom stereocenters. The molecule has 1 saturated heterocycles. The molecule has 5 aromatic carbocycles. The van der Waals surface area contributed by atoms with E-state index in [0.29, 0.717) is 6.61 Å². The van der Waals surface area contributed by atoms with Crippen molar-refractivity contribution >= 4 is 57.7 Å². The number of fused-ring (bicyclic) bond motifs is 13. The molecule has 9 nitrogen and oxygen atoms in total. The number of nitro groups is 1. The van der Waals surface area contributed by atoms with E-state index in [1.165, 1.54) is 0 Å². The molecule has 0 saturated carbocycles. The number of benzene rings is 5. The quantitative estimate of drug-likeness (QED) is 0.113. The summed E-state index contributed by atoms with van der Waals surface area (Å²) >= 11 is 0. The van der Waals surface area contributed by atoms with E-state index in [1.807, 2.05) is 36.4 Å². The number of rotatable bonds is 6. The highest BCUT2D eigenvalue weighted by Gasteiger charge is 2.44. The molecule has 1 fully saturated rings. The summed E-state index contributed by atoms with van der Waals surface area (Å²) in [5, 5.41) is 15.8. The standard InChI is InChI=1S/C55H40N6O3/c62-61(63)38-23-21-37(22-24-38)51-39-31-32-64-55(39)50-52-48(35-17-9-3-10-18-35)44-29-27-42(57-44)46(33-13-5-1-6-14-33)40-25-26-41(56-40)47(34-15-7-2-8-16-34)43-28-30-45(58-43)49(36-19-11-4-12-20-36)53(60-52)54(50)59-51/h1-30,39,51,55-56,59-60H,31-32H2/t39-,51+,55-/m1/s1. The Morgan fingerprint density at radius 1 is 0.531 bits per heavy atom. The maximum Gasteiger partial charge on any atom is 0.269 e. The fraction of sp³-hybridized carbons (Fsp3) is 0.0909. The first-order valence-electron chi connectivity index (χ1n) is 21.6. The summed E-state index contributed by atoms with van der Waals surface area (Å²) in [6, 6.07) is 52.8.